The van der Waals surface area contributed by atoms with E-state index < -0.39 is 9.84 Å². The van der Waals surface area contributed by atoms with Crippen molar-refractivity contribution in [1.29, 1.82) is 0 Å². The highest BCUT2D eigenvalue weighted by atomic mass is 35.5. The molecule has 2 fully saturated rings. The molecule has 148 valence electrons. The van der Waals surface area contributed by atoms with Crippen molar-refractivity contribution in [2.24, 2.45) is 0 Å². The molecule has 0 radical (unpaired) electrons. The number of rotatable bonds is 3. The Morgan fingerprint density at radius 2 is 1.96 bits per heavy atom. The zero-order valence-corrected chi connectivity index (χ0v) is 16.8. The number of aromatic nitrogens is 2. The molecular formula is C17H24ClN5O3S. The summed E-state index contributed by atoms with van der Waals surface area (Å²) < 4.78 is 25.6. The number of hydrogen-bond donors (Lipinski definition) is 1. The molecule has 0 bridgehead atoms. The van der Waals surface area contributed by atoms with Crippen LogP contribution in [0.2, 0.25) is 0 Å². The molecule has 0 spiro atoms. The number of nitrogens with one attached hydrogen (secondary N) is 1. The Kier molecular flexibility index (Phi) is 5.76. The van der Waals surface area contributed by atoms with Gasteiger partial charge in [-0.25, -0.2) is 13.4 Å². The molecule has 1 amide bonds. The highest BCUT2D eigenvalue weighted by molar-refractivity contribution is 7.90. The van der Waals surface area contributed by atoms with Gasteiger partial charge in [-0.3, -0.25) is 14.1 Å². The molecule has 2 saturated heterocycles. The number of likely N-dealkylation sites (tertiary alicyclic amines) is 1. The van der Waals surface area contributed by atoms with Crippen LogP contribution in [0, 0.1) is 0 Å². The molecule has 2 aliphatic heterocycles. The maximum Gasteiger partial charge on any atom is 0.274 e. The van der Waals surface area contributed by atoms with E-state index >= 15 is 0 Å². The number of pyridine rings is 1. The van der Waals surface area contributed by atoms with Gasteiger partial charge in [0, 0.05) is 57.8 Å². The fourth-order valence-corrected chi connectivity index (χ4v) is 4.62. The quantitative estimate of drug-likeness (QED) is 0.777. The summed E-state index contributed by atoms with van der Waals surface area (Å²) in [6.07, 6.45) is 3.68. The van der Waals surface area contributed by atoms with Gasteiger partial charge >= 0.3 is 0 Å². The molecule has 2 aromatic rings. The first-order valence-corrected chi connectivity index (χ1v) is 10.8. The molecule has 2 aliphatic rings. The Labute approximate surface area is 164 Å². The molecule has 1 N–H and O–H groups in total. The summed E-state index contributed by atoms with van der Waals surface area (Å²) in [7, 11) is -3.53. The van der Waals surface area contributed by atoms with Gasteiger partial charge in [0.2, 0.25) is 15.0 Å². The summed E-state index contributed by atoms with van der Waals surface area (Å²) in [6, 6.07) is 5.62. The molecule has 10 heteroatoms. The second-order valence-electron chi connectivity index (χ2n) is 6.95. The molecule has 0 aromatic carbocycles. The molecule has 27 heavy (non-hydrogen) atoms. The third-order valence-corrected chi connectivity index (χ3v) is 6.12. The van der Waals surface area contributed by atoms with Crippen LogP contribution in [0.25, 0.3) is 5.52 Å². The first-order chi connectivity index (χ1) is 12.4. The van der Waals surface area contributed by atoms with Gasteiger partial charge in [-0.1, -0.05) is 6.07 Å². The van der Waals surface area contributed by atoms with E-state index in [2.05, 4.69) is 15.2 Å². The van der Waals surface area contributed by atoms with E-state index in [-0.39, 0.29) is 29.2 Å². The number of sulfone groups is 1. The number of hydrogen-bond acceptors (Lipinski definition) is 6. The third kappa shape index (κ3) is 3.82. The first-order valence-electron chi connectivity index (χ1n) is 8.86. The highest BCUT2D eigenvalue weighted by Crippen LogP contribution is 2.22. The second kappa shape index (κ2) is 7.75. The van der Waals surface area contributed by atoms with Crippen LogP contribution in [-0.2, 0) is 9.84 Å². The standard InChI is InChI=1S/C17H23N5O3S.ClH/c1-26(24,25)17-19-15(14-4-2-3-8-22(14)17)16(23)21-9-5-13(12-21)20-10-6-18-7-11-20;/h2-4,8,13,18H,5-7,9-12H2,1H3;1H. The first kappa shape index (κ1) is 20.1. The minimum Gasteiger partial charge on any atom is -0.336 e. The molecule has 2 aromatic heterocycles. The number of fused-ring (bicyclic) bond motifs is 1. The average molecular weight is 414 g/mol. The maximum absolute atomic E-state index is 13.1. The summed E-state index contributed by atoms with van der Waals surface area (Å²) in [4.78, 5) is 21.5. The zero-order chi connectivity index (χ0) is 18.3. The smallest absolute Gasteiger partial charge is 0.274 e. The molecule has 4 heterocycles. The molecule has 8 nitrogen and oxygen atoms in total. The Balaban J connectivity index is 0.00000210. The molecule has 0 saturated carbocycles. The summed E-state index contributed by atoms with van der Waals surface area (Å²) in [6.45, 7) is 5.30. The van der Waals surface area contributed by atoms with E-state index in [0.717, 1.165) is 38.9 Å². The maximum atomic E-state index is 13.1. The van der Waals surface area contributed by atoms with Gasteiger partial charge < -0.3 is 10.2 Å². The van der Waals surface area contributed by atoms with Gasteiger partial charge in [0.15, 0.2) is 5.69 Å². The van der Waals surface area contributed by atoms with Crippen LogP contribution in [0.3, 0.4) is 0 Å². The molecule has 1 unspecified atom stereocenters. The minimum absolute atomic E-state index is 0. The predicted molar refractivity (Wildman–Crippen MR) is 104 cm³/mol. The van der Waals surface area contributed by atoms with Gasteiger partial charge in [0.05, 0.1) is 5.52 Å². The Bertz CT molecular complexity index is 939. The highest BCUT2D eigenvalue weighted by Gasteiger charge is 2.33. The van der Waals surface area contributed by atoms with E-state index in [1.54, 1.807) is 29.3 Å². The van der Waals surface area contributed by atoms with E-state index in [0.29, 0.717) is 24.6 Å². The van der Waals surface area contributed by atoms with Crippen molar-refractivity contribution in [2.45, 2.75) is 17.6 Å². The number of carbonyl (C=O) groups is 1. The van der Waals surface area contributed by atoms with Gasteiger partial charge in [0.1, 0.15) is 0 Å². The monoisotopic (exact) mass is 413 g/mol. The minimum atomic E-state index is -3.53. The lowest BCUT2D eigenvalue weighted by Crippen LogP contribution is -2.49. The second-order valence-corrected chi connectivity index (χ2v) is 8.86. The predicted octanol–water partition coefficient (Wildman–Crippen LogP) is 0.279. The van der Waals surface area contributed by atoms with Crippen molar-refractivity contribution in [2.75, 3.05) is 45.5 Å². The molecule has 0 aliphatic carbocycles. The van der Waals surface area contributed by atoms with Crippen molar-refractivity contribution < 1.29 is 13.2 Å². The van der Waals surface area contributed by atoms with E-state index in [1.165, 1.54) is 4.40 Å². The van der Waals surface area contributed by atoms with Gasteiger partial charge in [0.25, 0.3) is 5.91 Å². The number of carbonyl (C=O) groups excluding carboxylic acids is 1. The van der Waals surface area contributed by atoms with Crippen LogP contribution in [-0.4, -0.2) is 85.1 Å². The third-order valence-electron chi connectivity index (χ3n) is 5.17. The SMILES string of the molecule is CS(=O)(=O)c1nc(C(=O)N2CCC(N3CCNCC3)C2)c2ccccn12.Cl. The normalized spacial score (nSPS) is 21.4. The largest absolute Gasteiger partial charge is 0.336 e. The number of nitrogens with zero attached hydrogens (tertiary/aromatic N) is 4. The van der Waals surface area contributed by atoms with Gasteiger partial charge in [-0.15, -0.1) is 12.4 Å². The Hall–Kier alpha value is -1.68. The van der Waals surface area contributed by atoms with E-state index in [4.69, 9.17) is 0 Å². The molecule has 1 atom stereocenters. The van der Waals surface area contributed by atoms with Crippen molar-refractivity contribution in [3.63, 3.8) is 0 Å². The van der Waals surface area contributed by atoms with Crippen LogP contribution in [0.5, 0.6) is 0 Å². The van der Waals surface area contributed by atoms with Crippen LogP contribution in [0.15, 0.2) is 29.6 Å². The van der Waals surface area contributed by atoms with Gasteiger partial charge in [-0.05, 0) is 18.6 Å². The van der Waals surface area contributed by atoms with Gasteiger partial charge in [-0.2, -0.15) is 0 Å². The summed E-state index contributed by atoms with van der Waals surface area (Å²) in [5, 5.41) is 3.25. The van der Waals surface area contributed by atoms with Crippen LogP contribution in [0.4, 0.5) is 0 Å². The number of halogens is 1. The van der Waals surface area contributed by atoms with Crippen LogP contribution < -0.4 is 5.32 Å². The lowest BCUT2D eigenvalue weighted by Gasteiger charge is -2.32. The van der Waals surface area contributed by atoms with Crippen molar-refractivity contribution in [3.8, 4) is 0 Å². The summed E-state index contributed by atoms with van der Waals surface area (Å²) >= 11 is 0. The Morgan fingerprint density at radius 3 is 2.67 bits per heavy atom. The fourth-order valence-electron chi connectivity index (χ4n) is 3.85. The average Bonchev–Trinajstić information content (AvgIpc) is 3.27. The van der Waals surface area contributed by atoms with Crippen molar-refractivity contribution >= 4 is 33.7 Å². The number of imidazole rings is 1. The zero-order valence-electron chi connectivity index (χ0n) is 15.2. The topological polar surface area (TPSA) is 87.0 Å². The number of amides is 1. The molecular weight excluding hydrogens is 390 g/mol. The lowest BCUT2D eigenvalue weighted by atomic mass is 10.2. The number of piperazine rings is 1. The van der Waals surface area contributed by atoms with Crippen molar-refractivity contribution in [3.05, 3.63) is 30.1 Å². The summed E-state index contributed by atoms with van der Waals surface area (Å²) in [5.74, 6) is -0.193. The summed E-state index contributed by atoms with van der Waals surface area (Å²) in [5.41, 5.74) is 0.746. The Morgan fingerprint density at radius 1 is 1.22 bits per heavy atom. The van der Waals surface area contributed by atoms with Crippen LogP contribution in [0.1, 0.15) is 16.9 Å². The molecule has 4 rings (SSSR count). The van der Waals surface area contributed by atoms with E-state index in [9.17, 15) is 13.2 Å². The van der Waals surface area contributed by atoms with Crippen molar-refractivity contribution in [1.82, 2.24) is 24.5 Å². The van der Waals surface area contributed by atoms with E-state index in [1.807, 2.05) is 0 Å². The fraction of sp³-hybridized carbons (Fsp3) is 0.529. The lowest BCUT2D eigenvalue weighted by molar-refractivity contribution is 0.0770. The van der Waals surface area contributed by atoms with Crippen LogP contribution >= 0.6 is 12.4 Å².